The molecule has 2 heterocycles. The van der Waals surface area contributed by atoms with E-state index in [0.717, 1.165) is 11.1 Å². The summed E-state index contributed by atoms with van der Waals surface area (Å²) in [6.07, 6.45) is 5.49. The molecule has 1 aliphatic rings. The smallest absolute Gasteiger partial charge is 0.410 e. The zero-order valence-corrected chi connectivity index (χ0v) is 15.5. The number of piperazine rings is 1. The first-order valence-electron chi connectivity index (χ1n) is 8.41. The quantitative estimate of drug-likeness (QED) is 0.831. The van der Waals surface area contributed by atoms with Gasteiger partial charge in [0.05, 0.1) is 0 Å². The molecule has 0 aliphatic carbocycles. The van der Waals surface area contributed by atoms with Crippen LogP contribution in [0.25, 0.3) is 5.57 Å². The molecule has 0 aromatic carbocycles. The first-order chi connectivity index (χ1) is 11.2. The van der Waals surface area contributed by atoms with Crippen LogP contribution in [0.4, 0.5) is 10.7 Å². The molecule has 0 radical (unpaired) electrons. The molecule has 1 atom stereocenters. The van der Waals surface area contributed by atoms with E-state index in [1.807, 2.05) is 53.1 Å². The van der Waals surface area contributed by atoms with E-state index in [1.54, 1.807) is 4.90 Å². The zero-order valence-electron chi connectivity index (χ0n) is 15.5. The van der Waals surface area contributed by atoms with Crippen molar-refractivity contribution >= 4 is 17.6 Å². The monoisotopic (exact) mass is 332 g/mol. The number of allylic oxidation sites excluding steroid dienone is 2. The van der Waals surface area contributed by atoms with Crippen molar-refractivity contribution < 1.29 is 9.53 Å². The van der Waals surface area contributed by atoms with E-state index in [9.17, 15) is 4.79 Å². The molecule has 0 bridgehead atoms. The van der Waals surface area contributed by atoms with Crippen molar-refractivity contribution in [3.63, 3.8) is 0 Å². The van der Waals surface area contributed by atoms with Crippen LogP contribution in [0.3, 0.4) is 0 Å². The zero-order chi connectivity index (χ0) is 17.9. The molecule has 0 N–H and O–H groups in total. The van der Waals surface area contributed by atoms with Gasteiger partial charge in [0.25, 0.3) is 0 Å². The number of rotatable bonds is 2. The van der Waals surface area contributed by atoms with Gasteiger partial charge in [-0.1, -0.05) is 6.08 Å². The van der Waals surface area contributed by atoms with Crippen LogP contribution in [0.15, 0.2) is 18.5 Å². The minimum Gasteiger partial charge on any atom is -0.444 e. The van der Waals surface area contributed by atoms with Crippen LogP contribution >= 0.6 is 0 Å². The molecule has 24 heavy (non-hydrogen) atoms. The minimum absolute atomic E-state index is 0.139. The summed E-state index contributed by atoms with van der Waals surface area (Å²) in [5.74, 6) is 0.707. The molecule has 0 spiro atoms. The Bertz CT molecular complexity index is 604. The first-order valence-corrected chi connectivity index (χ1v) is 8.41. The highest BCUT2D eigenvalue weighted by molar-refractivity contribution is 5.68. The van der Waals surface area contributed by atoms with Gasteiger partial charge in [-0.05, 0) is 47.1 Å². The summed E-state index contributed by atoms with van der Waals surface area (Å²) < 4.78 is 5.45. The van der Waals surface area contributed by atoms with Gasteiger partial charge in [0.1, 0.15) is 5.60 Å². The molecule has 1 saturated heterocycles. The third kappa shape index (κ3) is 4.46. The predicted molar refractivity (Wildman–Crippen MR) is 96.0 cm³/mol. The lowest BCUT2D eigenvalue weighted by molar-refractivity contribution is 0.0218. The van der Waals surface area contributed by atoms with E-state index in [-0.39, 0.29) is 12.1 Å². The van der Waals surface area contributed by atoms with Crippen molar-refractivity contribution in [1.29, 1.82) is 0 Å². The van der Waals surface area contributed by atoms with Gasteiger partial charge in [-0.2, -0.15) is 0 Å². The highest BCUT2D eigenvalue weighted by atomic mass is 16.6. The fourth-order valence-corrected chi connectivity index (χ4v) is 2.59. The molecule has 1 aliphatic heterocycles. The molecule has 1 fully saturated rings. The van der Waals surface area contributed by atoms with E-state index < -0.39 is 5.60 Å². The summed E-state index contributed by atoms with van der Waals surface area (Å²) in [5.41, 5.74) is 1.71. The second-order valence-corrected chi connectivity index (χ2v) is 7.21. The Labute approximate surface area is 144 Å². The van der Waals surface area contributed by atoms with Gasteiger partial charge in [0, 0.05) is 43.6 Å². The lowest BCUT2D eigenvalue weighted by Gasteiger charge is -2.40. The number of ether oxygens (including phenoxy) is 1. The number of hydrogen-bond acceptors (Lipinski definition) is 5. The molecular formula is C18H28N4O2. The Kier molecular flexibility index (Phi) is 5.47. The van der Waals surface area contributed by atoms with Gasteiger partial charge in [0.15, 0.2) is 0 Å². The molecule has 1 unspecified atom stereocenters. The van der Waals surface area contributed by atoms with Crippen LogP contribution < -0.4 is 4.90 Å². The third-order valence-electron chi connectivity index (χ3n) is 4.06. The molecule has 1 aromatic rings. The van der Waals surface area contributed by atoms with Crippen molar-refractivity contribution in [2.24, 2.45) is 0 Å². The fraction of sp³-hybridized carbons (Fsp3) is 0.611. The summed E-state index contributed by atoms with van der Waals surface area (Å²) in [7, 11) is 0. The standard InChI is InChI=1S/C18H28N4O2/c1-7-13(2)15-10-19-16(20-11-15)22-9-8-21(12-14(22)3)17(23)24-18(4,5)6/h7,10-11,14H,8-9,12H2,1-6H3. The number of nitrogens with zero attached hydrogens (tertiary/aromatic N) is 4. The van der Waals surface area contributed by atoms with Crippen LogP contribution in [0, 0.1) is 0 Å². The Hall–Kier alpha value is -2.11. The molecular weight excluding hydrogens is 304 g/mol. The molecule has 0 saturated carbocycles. The Morgan fingerprint density at radius 3 is 2.42 bits per heavy atom. The normalized spacial score (nSPS) is 19.4. The van der Waals surface area contributed by atoms with Crippen molar-refractivity contribution in [3.05, 3.63) is 24.0 Å². The maximum absolute atomic E-state index is 12.2. The number of amides is 1. The van der Waals surface area contributed by atoms with Crippen molar-refractivity contribution in [3.8, 4) is 0 Å². The van der Waals surface area contributed by atoms with Crippen molar-refractivity contribution in [2.75, 3.05) is 24.5 Å². The SMILES string of the molecule is CC=C(C)c1cnc(N2CCN(C(=O)OC(C)(C)C)CC2C)nc1. The number of carbonyl (C=O) groups excluding carboxylic acids is 1. The second kappa shape index (κ2) is 7.20. The predicted octanol–water partition coefficient (Wildman–Crippen LogP) is 3.35. The number of anilines is 1. The van der Waals surface area contributed by atoms with Gasteiger partial charge < -0.3 is 14.5 Å². The molecule has 6 nitrogen and oxygen atoms in total. The number of hydrogen-bond donors (Lipinski definition) is 0. The van der Waals surface area contributed by atoms with Gasteiger partial charge in [-0.15, -0.1) is 0 Å². The molecule has 6 heteroatoms. The third-order valence-corrected chi connectivity index (χ3v) is 4.06. The summed E-state index contributed by atoms with van der Waals surface area (Å²) in [5, 5.41) is 0. The van der Waals surface area contributed by atoms with Crippen molar-refractivity contribution in [2.45, 2.75) is 53.2 Å². The summed E-state index contributed by atoms with van der Waals surface area (Å²) >= 11 is 0. The van der Waals surface area contributed by atoms with E-state index in [2.05, 4.69) is 21.8 Å². The van der Waals surface area contributed by atoms with Crippen LogP contribution in [-0.4, -0.2) is 52.2 Å². The van der Waals surface area contributed by atoms with Gasteiger partial charge >= 0.3 is 6.09 Å². The Morgan fingerprint density at radius 1 is 1.29 bits per heavy atom. The Balaban J connectivity index is 2.02. The van der Waals surface area contributed by atoms with E-state index in [4.69, 9.17) is 4.74 Å². The van der Waals surface area contributed by atoms with Gasteiger partial charge in [-0.3, -0.25) is 0 Å². The summed E-state index contributed by atoms with van der Waals surface area (Å²) in [6, 6.07) is 0.139. The van der Waals surface area contributed by atoms with Gasteiger partial charge in [0.2, 0.25) is 5.95 Å². The Morgan fingerprint density at radius 2 is 1.92 bits per heavy atom. The maximum Gasteiger partial charge on any atom is 0.410 e. The number of aromatic nitrogens is 2. The van der Waals surface area contributed by atoms with Gasteiger partial charge in [-0.25, -0.2) is 14.8 Å². The molecule has 1 aromatic heterocycles. The lowest BCUT2D eigenvalue weighted by Crippen LogP contribution is -2.55. The number of carbonyl (C=O) groups is 1. The molecule has 1 amide bonds. The van der Waals surface area contributed by atoms with Crippen LogP contribution in [0.5, 0.6) is 0 Å². The molecule has 2 rings (SSSR count). The molecule has 132 valence electrons. The van der Waals surface area contributed by atoms with Crippen LogP contribution in [0.1, 0.15) is 47.1 Å². The van der Waals surface area contributed by atoms with Crippen molar-refractivity contribution in [1.82, 2.24) is 14.9 Å². The second-order valence-electron chi connectivity index (χ2n) is 7.21. The highest BCUT2D eigenvalue weighted by Crippen LogP contribution is 2.20. The average Bonchev–Trinajstić information content (AvgIpc) is 2.52. The largest absolute Gasteiger partial charge is 0.444 e. The lowest BCUT2D eigenvalue weighted by atomic mass is 10.1. The maximum atomic E-state index is 12.2. The first kappa shape index (κ1) is 18.2. The van der Waals surface area contributed by atoms with Crippen LogP contribution in [-0.2, 0) is 4.74 Å². The van der Waals surface area contributed by atoms with E-state index >= 15 is 0 Å². The van der Waals surface area contributed by atoms with E-state index in [1.165, 1.54) is 0 Å². The summed E-state index contributed by atoms with van der Waals surface area (Å²) in [4.78, 5) is 25.1. The average molecular weight is 332 g/mol. The highest BCUT2D eigenvalue weighted by Gasteiger charge is 2.30. The minimum atomic E-state index is -0.471. The topological polar surface area (TPSA) is 58.6 Å². The fourth-order valence-electron chi connectivity index (χ4n) is 2.59. The van der Waals surface area contributed by atoms with E-state index in [0.29, 0.717) is 25.6 Å². The van der Waals surface area contributed by atoms with Crippen LogP contribution in [0.2, 0.25) is 0 Å². The summed E-state index contributed by atoms with van der Waals surface area (Å²) in [6.45, 7) is 13.7.